The lowest BCUT2D eigenvalue weighted by Crippen LogP contribution is -2.20. The normalized spacial score (nSPS) is 10.2. The maximum Gasteiger partial charge on any atom is 0.330 e. The Labute approximate surface area is 100 Å². The summed E-state index contributed by atoms with van der Waals surface area (Å²) in [7, 11) is 0. The Kier molecular flexibility index (Phi) is 5.51. The van der Waals surface area contributed by atoms with Crippen LogP contribution in [-0.4, -0.2) is 18.5 Å². The van der Waals surface area contributed by atoms with Crippen molar-refractivity contribution in [1.29, 1.82) is 0 Å². The molecule has 4 heteroatoms. The molecular formula is C13H15NO3. The fraction of sp³-hybridized carbons (Fsp3) is 0.231. The molecule has 17 heavy (non-hydrogen) atoms. The second kappa shape index (κ2) is 7.22. The Morgan fingerprint density at radius 2 is 1.94 bits per heavy atom. The lowest BCUT2D eigenvalue weighted by molar-refractivity contribution is -0.137. The number of hydrogen-bond donors (Lipinski definition) is 1. The van der Waals surface area contributed by atoms with E-state index in [2.05, 4.69) is 10.1 Å². The fourth-order valence-electron chi connectivity index (χ4n) is 1.18. The maximum absolute atomic E-state index is 11.3. The number of carbonyl (C=O) groups is 2. The molecule has 0 saturated carbocycles. The van der Waals surface area contributed by atoms with Crippen molar-refractivity contribution in [2.24, 2.45) is 0 Å². The Balaban J connectivity index is 2.33. The van der Waals surface area contributed by atoms with Crippen molar-refractivity contribution < 1.29 is 14.3 Å². The topological polar surface area (TPSA) is 55.4 Å². The van der Waals surface area contributed by atoms with Gasteiger partial charge in [0.15, 0.2) is 0 Å². The monoisotopic (exact) mass is 233 g/mol. The predicted octanol–water partition coefficient (Wildman–Crippen LogP) is 1.42. The van der Waals surface area contributed by atoms with E-state index in [9.17, 15) is 9.59 Å². The Hall–Kier alpha value is -2.10. The Morgan fingerprint density at radius 3 is 2.59 bits per heavy atom. The van der Waals surface area contributed by atoms with Crippen LogP contribution in [0.2, 0.25) is 0 Å². The highest BCUT2D eigenvalue weighted by Gasteiger charge is 1.98. The molecule has 0 fully saturated rings. The van der Waals surface area contributed by atoms with Gasteiger partial charge in [-0.15, -0.1) is 0 Å². The van der Waals surface area contributed by atoms with Crippen LogP contribution in [0.15, 0.2) is 42.5 Å². The maximum atomic E-state index is 11.3. The van der Waals surface area contributed by atoms with E-state index in [1.165, 1.54) is 6.08 Å². The second-order valence-electron chi connectivity index (χ2n) is 3.29. The van der Waals surface area contributed by atoms with Gasteiger partial charge >= 0.3 is 5.97 Å². The smallest absolute Gasteiger partial charge is 0.330 e. The third-order valence-electron chi connectivity index (χ3n) is 1.97. The molecule has 1 N–H and O–H groups in total. The van der Waals surface area contributed by atoms with Crippen LogP contribution in [0.1, 0.15) is 12.5 Å². The van der Waals surface area contributed by atoms with E-state index in [1.54, 1.807) is 6.92 Å². The number of carbonyl (C=O) groups excluding carboxylic acids is 2. The van der Waals surface area contributed by atoms with E-state index in [0.717, 1.165) is 11.6 Å². The standard InChI is InChI=1S/C13H15NO3/c1-2-17-13(16)9-8-12(15)14-10-11-6-4-3-5-7-11/h3-9H,2,10H2,1H3,(H,14,15)/b9-8+. The number of rotatable bonds is 5. The van der Waals surface area contributed by atoms with Crippen LogP contribution in [0.4, 0.5) is 0 Å². The van der Waals surface area contributed by atoms with E-state index in [4.69, 9.17) is 0 Å². The number of hydrogen-bond acceptors (Lipinski definition) is 3. The SMILES string of the molecule is CCOC(=O)/C=C/C(=O)NCc1ccccc1. The fourth-order valence-corrected chi connectivity index (χ4v) is 1.18. The van der Waals surface area contributed by atoms with Crippen LogP contribution in [0.5, 0.6) is 0 Å². The van der Waals surface area contributed by atoms with E-state index >= 15 is 0 Å². The molecule has 0 aliphatic carbocycles. The minimum atomic E-state index is -0.512. The highest BCUT2D eigenvalue weighted by Crippen LogP contribution is 1.96. The van der Waals surface area contributed by atoms with Crippen LogP contribution in [-0.2, 0) is 20.9 Å². The highest BCUT2D eigenvalue weighted by atomic mass is 16.5. The molecule has 0 heterocycles. The first kappa shape index (κ1) is 13.0. The molecule has 0 aromatic heterocycles. The van der Waals surface area contributed by atoms with Crippen molar-refractivity contribution in [2.45, 2.75) is 13.5 Å². The van der Waals surface area contributed by atoms with Crippen molar-refractivity contribution in [1.82, 2.24) is 5.32 Å². The second-order valence-corrected chi connectivity index (χ2v) is 3.29. The van der Waals surface area contributed by atoms with Crippen LogP contribution < -0.4 is 5.32 Å². The molecule has 1 aromatic rings. The van der Waals surface area contributed by atoms with Gasteiger partial charge in [-0.3, -0.25) is 4.79 Å². The highest BCUT2D eigenvalue weighted by molar-refractivity contribution is 5.94. The van der Waals surface area contributed by atoms with E-state index in [-0.39, 0.29) is 5.91 Å². The summed E-state index contributed by atoms with van der Waals surface area (Å²) in [6.45, 7) is 2.45. The van der Waals surface area contributed by atoms with Gasteiger partial charge in [0.25, 0.3) is 0 Å². The lowest BCUT2D eigenvalue weighted by atomic mass is 10.2. The Morgan fingerprint density at radius 1 is 1.24 bits per heavy atom. The minimum absolute atomic E-state index is 0.300. The van der Waals surface area contributed by atoms with Crippen molar-refractivity contribution >= 4 is 11.9 Å². The predicted molar refractivity (Wildman–Crippen MR) is 64.1 cm³/mol. The summed E-state index contributed by atoms with van der Waals surface area (Å²) in [6, 6.07) is 9.53. The third kappa shape index (κ3) is 5.51. The summed E-state index contributed by atoms with van der Waals surface area (Å²) in [5, 5.41) is 2.66. The van der Waals surface area contributed by atoms with Gasteiger partial charge in [0, 0.05) is 18.7 Å². The molecule has 1 rings (SSSR count). The molecule has 90 valence electrons. The summed E-state index contributed by atoms with van der Waals surface area (Å²) in [4.78, 5) is 22.3. The van der Waals surface area contributed by atoms with Crippen LogP contribution in [0.25, 0.3) is 0 Å². The van der Waals surface area contributed by atoms with Gasteiger partial charge in [-0.05, 0) is 12.5 Å². The number of benzene rings is 1. The van der Waals surface area contributed by atoms with Gasteiger partial charge in [-0.25, -0.2) is 4.79 Å². The average molecular weight is 233 g/mol. The van der Waals surface area contributed by atoms with Crippen molar-refractivity contribution in [3.8, 4) is 0 Å². The first-order valence-corrected chi connectivity index (χ1v) is 5.39. The first-order chi connectivity index (χ1) is 8.22. The van der Waals surface area contributed by atoms with Gasteiger partial charge in [0.1, 0.15) is 0 Å². The van der Waals surface area contributed by atoms with Gasteiger partial charge < -0.3 is 10.1 Å². The number of nitrogens with one attached hydrogen (secondary N) is 1. The lowest BCUT2D eigenvalue weighted by Gasteiger charge is -2.01. The Bertz CT molecular complexity index is 398. The molecule has 1 amide bonds. The average Bonchev–Trinajstić information content (AvgIpc) is 2.35. The van der Waals surface area contributed by atoms with Crippen molar-refractivity contribution in [3.05, 3.63) is 48.0 Å². The molecule has 0 radical (unpaired) electrons. The molecular weight excluding hydrogens is 218 g/mol. The number of esters is 1. The van der Waals surface area contributed by atoms with E-state index < -0.39 is 5.97 Å². The molecule has 0 aliphatic heterocycles. The molecule has 0 saturated heterocycles. The van der Waals surface area contributed by atoms with Crippen LogP contribution >= 0.6 is 0 Å². The zero-order valence-electron chi connectivity index (χ0n) is 9.68. The zero-order valence-corrected chi connectivity index (χ0v) is 9.68. The van der Waals surface area contributed by atoms with Crippen LogP contribution in [0, 0.1) is 0 Å². The summed E-state index contributed by atoms with van der Waals surface area (Å²) in [6.07, 6.45) is 2.28. The van der Waals surface area contributed by atoms with Crippen LogP contribution in [0.3, 0.4) is 0 Å². The third-order valence-corrected chi connectivity index (χ3v) is 1.97. The van der Waals surface area contributed by atoms with Gasteiger partial charge in [-0.2, -0.15) is 0 Å². The number of amides is 1. The number of ether oxygens (including phenoxy) is 1. The molecule has 0 aliphatic rings. The summed E-state index contributed by atoms with van der Waals surface area (Å²) in [5.41, 5.74) is 1.00. The first-order valence-electron chi connectivity index (χ1n) is 5.39. The van der Waals surface area contributed by atoms with Crippen molar-refractivity contribution in [3.63, 3.8) is 0 Å². The summed E-state index contributed by atoms with van der Waals surface area (Å²) in [5.74, 6) is -0.829. The van der Waals surface area contributed by atoms with E-state index in [1.807, 2.05) is 30.3 Å². The van der Waals surface area contributed by atoms with Gasteiger partial charge in [0.2, 0.25) is 5.91 Å². The quantitative estimate of drug-likeness (QED) is 0.618. The zero-order chi connectivity index (χ0) is 12.5. The van der Waals surface area contributed by atoms with Gasteiger partial charge in [-0.1, -0.05) is 30.3 Å². The molecule has 4 nitrogen and oxygen atoms in total. The van der Waals surface area contributed by atoms with Gasteiger partial charge in [0.05, 0.1) is 6.61 Å². The molecule has 0 atom stereocenters. The molecule has 0 spiro atoms. The van der Waals surface area contributed by atoms with Crippen molar-refractivity contribution in [2.75, 3.05) is 6.61 Å². The molecule has 0 bridgehead atoms. The summed E-state index contributed by atoms with van der Waals surface area (Å²) < 4.78 is 4.65. The molecule has 1 aromatic carbocycles. The van der Waals surface area contributed by atoms with E-state index in [0.29, 0.717) is 13.2 Å². The minimum Gasteiger partial charge on any atom is -0.463 e. The summed E-state index contributed by atoms with van der Waals surface area (Å²) >= 11 is 0. The largest absolute Gasteiger partial charge is 0.463 e. The molecule has 0 unspecified atom stereocenters.